The van der Waals surface area contributed by atoms with Gasteiger partial charge in [-0.2, -0.15) is 0 Å². The lowest BCUT2D eigenvalue weighted by molar-refractivity contribution is 0.178. The molecule has 0 saturated heterocycles. The van der Waals surface area contributed by atoms with Crippen LogP contribution in [0.3, 0.4) is 0 Å². The Hall–Kier alpha value is -0.730. The zero-order valence-electron chi connectivity index (χ0n) is 12.6. The third kappa shape index (κ3) is 4.39. The first-order valence-corrected chi connectivity index (χ1v) is 8.15. The molecule has 0 spiro atoms. The van der Waals surface area contributed by atoms with E-state index < -0.39 is 0 Å². The summed E-state index contributed by atoms with van der Waals surface area (Å²) in [6.07, 6.45) is 6.46. The molecule has 1 saturated carbocycles. The predicted octanol–water partition coefficient (Wildman–Crippen LogP) is 4.84. The molecule has 0 radical (unpaired) electrons. The number of hydrogen-bond acceptors (Lipinski definition) is 2. The molecule has 3 heteroatoms. The van der Waals surface area contributed by atoms with Crippen LogP contribution in [0.15, 0.2) is 18.2 Å². The minimum absolute atomic E-state index is 0.363. The average molecular weight is 296 g/mol. The van der Waals surface area contributed by atoms with Gasteiger partial charge in [-0.25, -0.2) is 0 Å². The van der Waals surface area contributed by atoms with E-state index in [1.165, 1.54) is 32.1 Å². The van der Waals surface area contributed by atoms with Gasteiger partial charge in [0.15, 0.2) is 0 Å². The number of phenols is 1. The highest BCUT2D eigenvalue weighted by atomic mass is 35.5. The highest BCUT2D eigenvalue weighted by Crippen LogP contribution is 2.29. The second-order valence-electron chi connectivity index (χ2n) is 6.36. The van der Waals surface area contributed by atoms with E-state index in [2.05, 4.69) is 18.7 Å². The SMILES string of the molecule is CC(C)CCN(Cc1cc(Cl)ccc1O)C1CCCC1. The molecule has 0 unspecified atom stereocenters. The topological polar surface area (TPSA) is 23.5 Å². The number of hydrogen-bond donors (Lipinski definition) is 1. The van der Waals surface area contributed by atoms with Crippen molar-refractivity contribution in [3.63, 3.8) is 0 Å². The molecule has 2 nitrogen and oxygen atoms in total. The van der Waals surface area contributed by atoms with Crippen molar-refractivity contribution >= 4 is 11.6 Å². The van der Waals surface area contributed by atoms with Crippen molar-refractivity contribution < 1.29 is 5.11 Å². The molecule has 20 heavy (non-hydrogen) atoms. The Morgan fingerprint density at radius 3 is 2.65 bits per heavy atom. The minimum Gasteiger partial charge on any atom is -0.508 e. The van der Waals surface area contributed by atoms with Gasteiger partial charge in [0.05, 0.1) is 0 Å². The van der Waals surface area contributed by atoms with Gasteiger partial charge in [0.1, 0.15) is 5.75 Å². The van der Waals surface area contributed by atoms with Crippen LogP contribution in [0.2, 0.25) is 5.02 Å². The van der Waals surface area contributed by atoms with Crippen molar-refractivity contribution in [2.45, 2.75) is 58.5 Å². The standard InChI is InChI=1S/C17H26ClNO/c1-13(2)9-10-19(16-5-3-4-6-16)12-14-11-15(18)7-8-17(14)20/h7-8,11,13,16,20H,3-6,9-10,12H2,1-2H3. The predicted molar refractivity (Wildman–Crippen MR) is 85.2 cm³/mol. The fraction of sp³-hybridized carbons (Fsp3) is 0.647. The smallest absolute Gasteiger partial charge is 0.120 e. The lowest BCUT2D eigenvalue weighted by atomic mass is 10.1. The molecule has 1 aliphatic carbocycles. The van der Waals surface area contributed by atoms with E-state index in [0.717, 1.165) is 18.7 Å². The van der Waals surface area contributed by atoms with Crippen LogP contribution in [-0.4, -0.2) is 22.6 Å². The van der Waals surface area contributed by atoms with Crippen molar-refractivity contribution in [2.75, 3.05) is 6.54 Å². The molecule has 1 N–H and O–H groups in total. The van der Waals surface area contributed by atoms with Gasteiger partial charge in [-0.1, -0.05) is 38.3 Å². The number of halogens is 1. The van der Waals surface area contributed by atoms with Crippen molar-refractivity contribution in [2.24, 2.45) is 5.92 Å². The summed E-state index contributed by atoms with van der Waals surface area (Å²) in [6.45, 7) is 6.45. The summed E-state index contributed by atoms with van der Waals surface area (Å²) in [4.78, 5) is 2.54. The van der Waals surface area contributed by atoms with Crippen LogP contribution in [0.25, 0.3) is 0 Å². The summed E-state index contributed by atoms with van der Waals surface area (Å²) in [7, 11) is 0. The maximum absolute atomic E-state index is 10.0. The Morgan fingerprint density at radius 2 is 2.00 bits per heavy atom. The zero-order chi connectivity index (χ0) is 14.5. The summed E-state index contributed by atoms with van der Waals surface area (Å²) >= 11 is 6.06. The molecule has 1 aliphatic rings. The van der Waals surface area contributed by atoms with E-state index in [1.54, 1.807) is 12.1 Å². The van der Waals surface area contributed by atoms with Crippen LogP contribution < -0.4 is 0 Å². The largest absolute Gasteiger partial charge is 0.508 e. The first kappa shape index (κ1) is 15.7. The highest BCUT2D eigenvalue weighted by Gasteiger charge is 2.23. The molecule has 1 aromatic carbocycles. The third-order valence-electron chi connectivity index (χ3n) is 4.25. The highest BCUT2D eigenvalue weighted by molar-refractivity contribution is 6.30. The summed E-state index contributed by atoms with van der Waals surface area (Å²) in [5.74, 6) is 1.08. The summed E-state index contributed by atoms with van der Waals surface area (Å²) < 4.78 is 0. The summed E-state index contributed by atoms with van der Waals surface area (Å²) in [6, 6.07) is 6.02. The van der Waals surface area contributed by atoms with Gasteiger partial charge in [-0.15, -0.1) is 0 Å². The first-order valence-electron chi connectivity index (χ1n) is 7.77. The maximum atomic E-state index is 10.0. The second-order valence-corrected chi connectivity index (χ2v) is 6.80. The van der Waals surface area contributed by atoms with Gasteiger partial charge in [-0.3, -0.25) is 4.90 Å². The Morgan fingerprint density at radius 1 is 1.30 bits per heavy atom. The third-order valence-corrected chi connectivity index (χ3v) is 4.48. The van der Waals surface area contributed by atoms with Gasteiger partial charge in [0.25, 0.3) is 0 Å². The van der Waals surface area contributed by atoms with E-state index in [4.69, 9.17) is 11.6 Å². The van der Waals surface area contributed by atoms with E-state index in [1.807, 2.05) is 6.07 Å². The minimum atomic E-state index is 0.363. The van der Waals surface area contributed by atoms with Crippen molar-refractivity contribution in [1.29, 1.82) is 0 Å². The first-order chi connectivity index (χ1) is 9.56. The van der Waals surface area contributed by atoms with Crippen LogP contribution in [0.4, 0.5) is 0 Å². The average Bonchev–Trinajstić information content (AvgIpc) is 2.92. The van der Waals surface area contributed by atoms with Gasteiger partial charge in [0, 0.05) is 23.2 Å². The molecule has 0 bridgehead atoms. The Kier molecular flexibility index (Phi) is 5.74. The molecule has 0 aliphatic heterocycles. The van der Waals surface area contributed by atoms with Crippen LogP contribution >= 0.6 is 11.6 Å². The fourth-order valence-corrected chi connectivity index (χ4v) is 3.18. The molecule has 0 heterocycles. The molecule has 1 fully saturated rings. The lowest BCUT2D eigenvalue weighted by Gasteiger charge is -2.30. The molecule has 2 rings (SSSR count). The van der Waals surface area contributed by atoms with Crippen molar-refractivity contribution in [3.05, 3.63) is 28.8 Å². The van der Waals surface area contributed by atoms with Crippen LogP contribution in [0.5, 0.6) is 5.75 Å². The maximum Gasteiger partial charge on any atom is 0.120 e. The molecule has 0 amide bonds. The van der Waals surface area contributed by atoms with E-state index in [0.29, 0.717) is 22.7 Å². The fourth-order valence-electron chi connectivity index (χ4n) is 2.98. The second kappa shape index (κ2) is 7.33. The molecular formula is C17H26ClNO. The van der Waals surface area contributed by atoms with Crippen LogP contribution in [0, 0.1) is 5.92 Å². The number of benzene rings is 1. The van der Waals surface area contributed by atoms with Crippen LogP contribution in [0.1, 0.15) is 51.5 Å². The van der Waals surface area contributed by atoms with E-state index in [9.17, 15) is 5.11 Å². The van der Waals surface area contributed by atoms with Crippen molar-refractivity contribution in [1.82, 2.24) is 4.90 Å². The summed E-state index contributed by atoms with van der Waals surface area (Å²) in [5.41, 5.74) is 0.952. The van der Waals surface area contributed by atoms with Crippen molar-refractivity contribution in [3.8, 4) is 5.75 Å². The molecule has 0 atom stereocenters. The van der Waals surface area contributed by atoms with E-state index >= 15 is 0 Å². The zero-order valence-corrected chi connectivity index (χ0v) is 13.4. The molecule has 1 aromatic rings. The summed E-state index contributed by atoms with van der Waals surface area (Å²) in [5, 5.41) is 10.7. The van der Waals surface area contributed by atoms with Gasteiger partial charge in [0.2, 0.25) is 0 Å². The monoisotopic (exact) mass is 295 g/mol. The Labute approximate surface area is 127 Å². The van der Waals surface area contributed by atoms with Crippen LogP contribution in [-0.2, 0) is 6.54 Å². The Balaban J connectivity index is 2.07. The number of phenolic OH excluding ortho intramolecular Hbond substituents is 1. The molecular weight excluding hydrogens is 270 g/mol. The lowest BCUT2D eigenvalue weighted by Crippen LogP contribution is -2.34. The Bertz CT molecular complexity index is 427. The van der Waals surface area contributed by atoms with Gasteiger partial charge < -0.3 is 5.11 Å². The number of rotatable bonds is 6. The normalized spacial score (nSPS) is 16.4. The number of nitrogens with zero attached hydrogens (tertiary/aromatic N) is 1. The number of aromatic hydroxyl groups is 1. The molecule has 0 aromatic heterocycles. The quantitative estimate of drug-likeness (QED) is 0.812. The van der Waals surface area contributed by atoms with Gasteiger partial charge in [-0.05, 0) is 49.9 Å². The van der Waals surface area contributed by atoms with E-state index in [-0.39, 0.29) is 0 Å². The molecule has 112 valence electrons. The van der Waals surface area contributed by atoms with Gasteiger partial charge >= 0.3 is 0 Å².